The summed E-state index contributed by atoms with van der Waals surface area (Å²) in [4.78, 5) is 23.6. The third-order valence-corrected chi connectivity index (χ3v) is 2.97. The molecule has 0 aliphatic carbocycles. The maximum Gasteiger partial charge on any atom is 0.271 e. The summed E-state index contributed by atoms with van der Waals surface area (Å²) in [6.45, 7) is 1.08. The van der Waals surface area contributed by atoms with Crippen LogP contribution in [0.5, 0.6) is 5.75 Å². The van der Waals surface area contributed by atoms with Crippen molar-refractivity contribution in [3.63, 3.8) is 0 Å². The Morgan fingerprint density at radius 1 is 1.45 bits per heavy atom. The fourth-order valence-electron chi connectivity index (χ4n) is 1.87. The van der Waals surface area contributed by atoms with Gasteiger partial charge in [0, 0.05) is 24.4 Å². The van der Waals surface area contributed by atoms with Crippen LogP contribution in [0.15, 0.2) is 18.2 Å². The highest BCUT2D eigenvalue weighted by molar-refractivity contribution is 7.80. The second-order valence-corrected chi connectivity index (χ2v) is 4.53. The van der Waals surface area contributed by atoms with Gasteiger partial charge in [-0.1, -0.05) is 0 Å². The Bertz CT molecular complexity index is 523. The van der Waals surface area contributed by atoms with Gasteiger partial charge in [-0.05, 0) is 6.07 Å². The summed E-state index contributed by atoms with van der Waals surface area (Å²) in [6.07, 6.45) is 0. The van der Waals surface area contributed by atoms with Gasteiger partial charge < -0.3 is 14.4 Å². The largest absolute Gasteiger partial charge is 0.482 e. The number of amides is 1. The number of thiol groups is 1. The molecule has 8 heteroatoms. The molecule has 0 unspecified atom stereocenters. The Kier molecular flexibility index (Phi) is 4.80. The smallest absolute Gasteiger partial charge is 0.271 e. The van der Waals surface area contributed by atoms with Gasteiger partial charge in [-0.2, -0.15) is 12.6 Å². The number of hydrogen-bond donors (Lipinski definition) is 1. The van der Waals surface area contributed by atoms with Crippen LogP contribution in [0.3, 0.4) is 0 Å². The van der Waals surface area contributed by atoms with E-state index in [1.54, 1.807) is 0 Å². The molecular formula is C12H14N2O5S. The summed E-state index contributed by atoms with van der Waals surface area (Å²) < 4.78 is 10.5. The van der Waals surface area contributed by atoms with Crippen molar-refractivity contribution in [2.24, 2.45) is 0 Å². The summed E-state index contributed by atoms with van der Waals surface area (Å²) in [7, 11) is 0. The lowest BCUT2D eigenvalue weighted by molar-refractivity contribution is -0.384. The number of carbonyl (C=O) groups excluding carboxylic acids is 1. The molecule has 1 heterocycles. The highest BCUT2D eigenvalue weighted by Gasteiger charge is 2.27. The number of ether oxygens (including phenoxy) is 2. The van der Waals surface area contributed by atoms with Crippen molar-refractivity contribution < 1.29 is 19.2 Å². The normalized spacial score (nSPS) is 13.8. The zero-order valence-corrected chi connectivity index (χ0v) is 11.5. The first-order valence-corrected chi connectivity index (χ1v) is 6.67. The molecular weight excluding hydrogens is 284 g/mol. The number of nitro benzene ring substituents is 1. The van der Waals surface area contributed by atoms with Crippen LogP contribution in [0.2, 0.25) is 0 Å². The van der Waals surface area contributed by atoms with Gasteiger partial charge in [-0.25, -0.2) is 0 Å². The monoisotopic (exact) mass is 298 g/mol. The van der Waals surface area contributed by atoms with Crippen LogP contribution in [0.25, 0.3) is 0 Å². The fraction of sp³-hybridized carbons (Fsp3) is 0.417. The van der Waals surface area contributed by atoms with Crippen LogP contribution in [-0.4, -0.2) is 42.9 Å². The van der Waals surface area contributed by atoms with Crippen molar-refractivity contribution in [3.05, 3.63) is 28.3 Å². The van der Waals surface area contributed by atoms with E-state index >= 15 is 0 Å². The van der Waals surface area contributed by atoms with Crippen molar-refractivity contribution in [2.45, 2.75) is 0 Å². The van der Waals surface area contributed by atoms with E-state index in [1.807, 2.05) is 0 Å². The molecule has 7 nitrogen and oxygen atoms in total. The van der Waals surface area contributed by atoms with Gasteiger partial charge in [0.25, 0.3) is 11.6 Å². The Hall–Kier alpha value is -1.80. The number of fused-ring (bicyclic) bond motifs is 1. The van der Waals surface area contributed by atoms with Crippen LogP contribution in [0, 0.1) is 10.1 Å². The number of rotatable bonds is 6. The van der Waals surface area contributed by atoms with E-state index in [0.29, 0.717) is 36.9 Å². The highest BCUT2D eigenvalue weighted by Crippen LogP contribution is 2.34. The fourth-order valence-corrected chi connectivity index (χ4v) is 2.00. The molecule has 0 spiro atoms. The van der Waals surface area contributed by atoms with E-state index in [9.17, 15) is 14.9 Å². The molecule has 0 fully saturated rings. The van der Waals surface area contributed by atoms with E-state index in [0.717, 1.165) is 0 Å². The number of nitrogens with zero attached hydrogens (tertiary/aromatic N) is 2. The first kappa shape index (κ1) is 14.6. The predicted molar refractivity (Wildman–Crippen MR) is 75.6 cm³/mol. The maximum absolute atomic E-state index is 11.9. The third-order valence-electron chi connectivity index (χ3n) is 2.79. The van der Waals surface area contributed by atoms with Crippen molar-refractivity contribution >= 4 is 29.9 Å². The molecule has 0 saturated carbocycles. The van der Waals surface area contributed by atoms with Crippen molar-refractivity contribution in [1.82, 2.24) is 0 Å². The summed E-state index contributed by atoms with van der Waals surface area (Å²) in [5.41, 5.74) is 0.327. The van der Waals surface area contributed by atoms with E-state index in [2.05, 4.69) is 12.6 Å². The number of non-ortho nitro benzene ring substituents is 1. The third kappa shape index (κ3) is 3.20. The van der Waals surface area contributed by atoms with Crippen LogP contribution in [0.1, 0.15) is 0 Å². The number of hydrogen-bond acceptors (Lipinski definition) is 6. The number of benzene rings is 1. The molecule has 2 rings (SSSR count). The second-order valence-electron chi connectivity index (χ2n) is 4.08. The first-order chi connectivity index (χ1) is 9.63. The topological polar surface area (TPSA) is 81.9 Å². The van der Waals surface area contributed by atoms with Gasteiger partial charge >= 0.3 is 0 Å². The van der Waals surface area contributed by atoms with E-state index in [-0.39, 0.29) is 18.2 Å². The van der Waals surface area contributed by atoms with E-state index < -0.39 is 4.92 Å². The van der Waals surface area contributed by atoms with E-state index in [4.69, 9.17) is 9.47 Å². The van der Waals surface area contributed by atoms with Gasteiger partial charge in [0.05, 0.1) is 23.8 Å². The number of carbonyl (C=O) groups is 1. The van der Waals surface area contributed by atoms with Gasteiger partial charge in [-0.3, -0.25) is 14.9 Å². The van der Waals surface area contributed by atoms with Crippen LogP contribution >= 0.6 is 12.6 Å². The first-order valence-electron chi connectivity index (χ1n) is 6.03. The van der Waals surface area contributed by atoms with Crippen LogP contribution < -0.4 is 9.64 Å². The Balaban J connectivity index is 2.18. The molecule has 20 heavy (non-hydrogen) atoms. The van der Waals surface area contributed by atoms with Crippen molar-refractivity contribution in [3.8, 4) is 5.75 Å². The zero-order valence-electron chi connectivity index (χ0n) is 10.7. The molecule has 0 bridgehead atoms. The Labute approximate surface area is 121 Å². The van der Waals surface area contributed by atoms with Crippen LogP contribution in [0.4, 0.5) is 11.4 Å². The Morgan fingerprint density at radius 3 is 2.95 bits per heavy atom. The molecule has 1 aromatic carbocycles. The SMILES string of the molecule is O=C1COc2ccc([N+](=O)[O-])cc2N1CCOCCS. The second kappa shape index (κ2) is 6.58. The van der Waals surface area contributed by atoms with Gasteiger partial charge in [0.15, 0.2) is 6.61 Å². The van der Waals surface area contributed by atoms with Gasteiger partial charge in [0.1, 0.15) is 5.75 Å². The highest BCUT2D eigenvalue weighted by atomic mass is 32.1. The molecule has 0 N–H and O–H groups in total. The number of nitro groups is 1. The maximum atomic E-state index is 11.9. The van der Waals surface area contributed by atoms with Gasteiger partial charge in [0.2, 0.25) is 0 Å². The quantitative estimate of drug-likeness (QED) is 0.370. The van der Waals surface area contributed by atoms with Crippen molar-refractivity contribution in [2.75, 3.05) is 37.0 Å². The lowest BCUT2D eigenvalue weighted by Gasteiger charge is -2.29. The lowest BCUT2D eigenvalue weighted by atomic mass is 10.2. The molecule has 1 aliphatic rings. The molecule has 0 radical (unpaired) electrons. The standard InChI is InChI=1S/C12H14N2O5S/c15-12-8-19-11-2-1-9(14(16)17)7-10(11)13(12)3-4-18-5-6-20/h1-2,7,20H,3-6,8H2. The minimum absolute atomic E-state index is 0.0720. The molecule has 0 saturated heterocycles. The average molecular weight is 298 g/mol. The summed E-state index contributed by atoms with van der Waals surface area (Å²) in [5, 5.41) is 10.8. The average Bonchev–Trinajstić information content (AvgIpc) is 2.44. The molecule has 1 aromatic rings. The Morgan fingerprint density at radius 2 is 2.25 bits per heavy atom. The van der Waals surface area contributed by atoms with Gasteiger partial charge in [-0.15, -0.1) is 0 Å². The summed E-state index contributed by atoms with van der Waals surface area (Å²) in [6, 6.07) is 4.19. The zero-order chi connectivity index (χ0) is 14.5. The molecule has 1 amide bonds. The van der Waals surface area contributed by atoms with Crippen LogP contribution in [-0.2, 0) is 9.53 Å². The van der Waals surface area contributed by atoms with E-state index in [1.165, 1.54) is 23.1 Å². The summed E-state index contributed by atoms with van der Waals surface area (Å²) >= 11 is 4.02. The minimum atomic E-state index is -0.505. The molecule has 0 atom stereocenters. The molecule has 1 aliphatic heterocycles. The lowest BCUT2D eigenvalue weighted by Crippen LogP contribution is -2.40. The number of anilines is 1. The molecule has 0 aromatic heterocycles. The molecule has 108 valence electrons. The predicted octanol–water partition coefficient (Wildman–Crippen LogP) is 1.27. The van der Waals surface area contributed by atoms with Crippen molar-refractivity contribution in [1.29, 1.82) is 0 Å². The summed E-state index contributed by atoms with van der Waals surface area (Å²) in [5.74, 6) is 0.816. The minimum Gasteiger partial charge on any atom is -0.482 e.